The minimum Gasteiger partial charge on any atom is -0.452 e. The second-order valence-corrected chi connectivity index (χ2v) is 4.56. The predicted molar refractivity (Wildman–Crippen MR) is 61.8 cm³/mol. The summed E-state index contributed by atoms with van der Waals surface area (Å²) in [5, 5.41) is 0. The van der Waals surface area contributed by atoms with E-state index in [2.05, 4.69) is 39.3 Å². The largest absolute Gasteiger partial charge is 0.452 e. The minimum atomic E-state index is 0.429. The van der Waals surface area contributed by atoms with Gasteiger partial charge in [-0.15, -0.1) is 0 Å². The highest BCUT2D eigenvalue weighted by molar-refractivity contribution is 9.10. The zero-order chi connectivity index (χ0) is 10.8. The van der Waals surface area contributed by atoms with Crippen LogP contribution >= 0.6 is 15.9 Å². The van der Waals surface area contributed by atoms with Crippen LogP contribution in [0.2, 0.25) is 0 Å². The van der Waals surface area contributed by atoms with Gasteiger partial charge in [-0.05, 0) is 28.1 Å². The number of rotatable bonds is 3. The molecule has 0 spiro atoms. The number of hydrogen-bond acceptors (Lipinski definition) is 2. The Kier molecular flexibility index (Phi) is 2.95. The highest BCUT2D eigenvalue weighted by Gasteiger charge is 2.08. The molecule has 2 rings (SSSR count). The summed E-state index contributed by atoms with van der Waals surface area (Å²) in [4.78, 5) is 4.33. The molecule has 0 saturated carbocycles. The quantitative estimate of drug-likeness (QED) is 0.854. The van der Waals surface area contributed by atoms with E-state index in [1.165, 1.54) is 0 Å². The van der Waals surface area contributed by atoms with Gasteiger partial charge in [0.2, 0.25) is 0 Å². The molecule has 3 nitrogen and oxygen atoms in total. The molecule has 0 fully saturated rings. The summed E-state index contributed by atoms with van der Waals surface area (Å²) in [6, 6.07) is 3.87. The molecule has 4 heteroatoms. The molecule has 0 saturated heterocycles. The van der Waals surface area contributed by atoms with Crippen molar-refractivity contribution in [1.29, 1.82) is 0 Å². The fraction of sp³-hybridized carbons (Fsp3) is 0.364. The first kappa shape index (κ1) is 10.5. The van der Waals surface area contributed by atoms with Gasteiger partial charge in [0, 0.05) is 18.3 Å². The molecular formula is C11H13BrN2O. The first-order valence-corrected chi connectivity index (χ1v) is 5.71. The molecule has 80 valence electrons. The van der Waals surface area contributed by atoms with Crippen LogP contribution in [0.5, 0.6) is 0 Å². The van der Waals surface area contributed by atoms with E-state index in [4.69, 9.17) is 4.42 Å². The zero-order valence-electron chi connectivity index (χ0n) is 8.77. The molecule has 2 heterocycles. The smallest absolute Gasteiger partial charge is 0.169 e. The van der Waals surface area contributed by atoms with Crippen molar-refractivity contribution in [2.75, 3.05) is 0 Å². The van der Waals surface area contributed by atoms with Crippen molar-refractivity contribution in [3.63, 3.8) is 0 Å². The lowest BCUT2D eigenvalue weighted by molar-refractivity contribution is 0.468. The normalized spacial score (nSPS) is 11.2. The van der Waals surface area contributed by atoms with Crippen LogP contribution in [0.25, 0.3) is 0 Å². The second kappa shape index (κ2) is 4.23. The third-order valence-electron chi connectivity index (χ3n) is 2.22. The van der Waals surface area contributed by atoms with E-state index in [9.17, 15) is 0 Å². The summed E-state index contributed by atoms with van der Waals surface area (Å²) < 4.78 is 8.33. The molecule has 0 unspecified atom stereocenters. The summed E-state index contributed by atoms with van der Waals surface area (Å²) in [7, 11) is 0. The minimum absolute atomic E-state index is 0.429. The fourth-order valence-corrected chi connectivity index (χ4v) is 1.90. The van der Waals surface area contributed by atoms with Gasteiger partial charge in [0.05, 0.1) is 6.54 Å². The van der Waals surface area contributed by atoms with E-state index >= 15 is 0 Å². The van der Waals surface area contributed by atoms with E-state index in [1.807, 2.05) is 24.5 Å². The number of furan rings is 1. The average Bonchev–Trinajstić information content (AvgIpc) is 2.75. The van der Waals surface area contributed by atoms with Gasteiger partial charge in [-0.2, -0.15) is 0 Å². The van der Waals surface area contributed by atoms with E-state index < -0.39 is 0 Å². The number of halogens is 1. The molecule has 0 aliphatic heterocycles. The molecule has 0 aromatic carbocycles. The highest BCUT2D eigenvalue weighted by atomic mass is 79.9. The van der Waals surface area contributed by atoms with Crippen LogP contribution in [-0.4, -0.2) is 9.55 Å². The number of nitrogens with zero attached hydrogens (tertiary/aromatic N) is 2. The fourth-order valence-electron chi connectivity index (χ4n) is 1.56. The molecule has 2 aromatic heterocycles. The van der Waals surface area contributed by atoms with Crippen LogP contribution < -0.4 is 0 Å². The molecule has 0 bridgehead atoms. The number of hydrogen-bond donors (Lipinski definition) is 0. The Morgan fingerprint density at radius 1 is 1.47 bits per heavy atom. The van der Waals surface area contributed by atoms with Gasteiger partial charge in [-0.1, -0.05) is 13.8 Å². The van der Waals surface area contributed by atoms with Crippen LogP contribution in [0.1, 0.15) is 31.4 Å². The SMILES string of the molecule is CC(C)c1nccn1Cc1ccc(Br)o1. The Bertz CT molecular complexity index is 445. The van der Waals surface area contributed by atoms with E-state index in [0.717, 1.165) is 22.8 Å². The Morgan fingerprint density at radius 3 is 2.87 bits per heavy atom. The Hall–Kier alpha value is -1.03. The van der Waals surface area contributed by atoms with Gasteiger partial charge >= 0.3 is 0 Å². The molecule has 0 N–H and O–H groups in total. The van der Waals surface area contributed by atoms with E-state index in [0.29, 0.717) is 5.92 Å². The highest BCUT2D eigenvalue weighted by Crippen LogP contribution is 2.17. The number of aromatic nitrogens is 2. The lowest BCUT2D eigenvalue weighted by Crippen LogP contribution is -2.05. The third kappa shape index (κ3) is 2.31. The van der Waals surface area contributed by atoms with Crippen molar-refractivity contribution in [2.45, 2.75) is 26.3 Å². The van der Waals surface area contributed by atoms with E-state index in [1.54, 1.807) is 0 Å². The second-order valence-electron chi connectivity index (χ2n) is 3.77. The van der Waals surface area contributed by atoms with Gasteiger partial charge in [0.25, 0.3) is 0 Å². The van der Waals surface area contributed by atoms with Crippen LogP contribution in [0, 0.1) is 0 Å². The monoisotopic (exact) mass is 268 g/mol. The average molecular weight is 269 g/mol. The van der Waals surface area contributed by atoms with Crippen LogP contribution in [0.4, 0.5) is 0 Å². The standard InChI is InChI=1S/C11H13BrN2O/c1-8(2)11-13-5-6-14(11)7-9-3-4-10(12)15-9/h3-6,8H,7H2,1-2H3. The number of imidazole rings is 1. The third-order valence-corrected chi connectivity index (χ3v) is 2.65. The van der Waals surface area contributed by atoms with Crippen molar-refractivity contribution in [3.8, 4) is 0 Å². The van der Waals surface area contributed by atoms with Gasteiger partial charge in [0.1, 0.15) is 11.6 Å². The summed E-state index contributed by atoms with van der Waals surface area (Å²) in [6.07, 6.45) is 3.80. The van der Waals surface area contributed by atoms with Gasteiger partial charge < -0.3 is 8.98 Å². The van der Waals surface area contributed by atoms with Crippen molar-refractivity contribution in [3.05, 3.63) is 40.8 Å². The first-order valence-electron chi connectivity index (χ1n) is 4.92. The summed E-state index contributed by atoms with van der Waals surface area (Å²) in [6.45, 7) is 5.01. The Morgan fingerprint density at radius 2 is 2.27 bits per heavy atom. The van der Waals surface area contributed by atoms with Crippen LogP contribution in [0.3, 0.4) is 0 Å². The first-order chi connectivity index (χ1) is 7.16. The Balaban J connectivity index is 2.20. The topological polar surface area (TPSA) is 31.0 Å². The van der Waals surface area contributed by atoms with Crippen LogP contribution in [-0.2, 0) is 6.54 Å². The maximum Gasteiger partial charge on any atom is 0.169 e. The molecule has 15 heavy (non-hydrogen) atoms. The lowest BCUT2D eigenvalue weighted by Gasteiger charge is -2.08. The molecular weight excluding hydrogens is 256 g/mol. The van der Waals surface area contributed by atoms with Gasteiger partial charge in [-0.25, -0.2) is 4.98 Å². The molecule has 2 aromatic rings. The van der Waals surface area contributed by atoms with Crippen molar-refractivity contribution < 1.29 is 4.42 Å². The van der Waals surface area contributed by atoms with Gasteiger partial charge in [0.15, 0.2) is 4.67 Å². The molecule has 0 radical (unpaired) electrons. The summed E-state index contributed by atoms with van der Waals surface area (Å²) in [5.74, 6) is 2.45. The summed E-state index contributed by atoms with van der Waals surface area (Å²) >= 11 is 3.29. The molecule has 0 amide bonds. The van der Waals surface area contributed by atoms with Crippen molar-refractivity contribution in [1.82, 2.24) is 9.55 Å². The molecule has 0 aliphatic rings. The van der Waals surface area contributed by atoms with E-state index in [-0.39, 0.29) is 0 Å². The zero-order valence-corrected chi connectivity index (χ0v) is 10.4. The maximum atomic E-state index is 5.46. The predicted octanol–water partition coefficient (Wildman–Crippen LogP) is 3.41. The lowest BCUT2D eigenvalue weighted by atomic mass is 10.2. The van der Waals surface area contributed by atoms with Crippen LogP contribution in [0.15, 0.2) is 33.6 Å². The van der Waals surface area contributed by atoms with Gasteiger partial charge in [-0.3, -0.25) is 0 Å². The molecule has 0 aliphatic carbocycles. The maximum absolute atomic E-state index is 5.46. The summed E-state index contributed by atoms with van der Waals surface area (Å²) in [5.41, 5.74) is 0. The van der Waals surface area contributed by atoms with Crippen molar-refractivity contribution >= 4 is 15.9 Å². The van der Waals surface area contributed by atoms with Crippen molar-refractivity contribution in [2.24, 2.45) is 0 Å². The Labute approximate surface area is 97.2 Å². The molecule has 0 atom stereocenters.